The van der Waals surface area contributed by atoms with Gasteiger partial charge in [-0.15, -0.1) is 0 Å². The van der Waals surface area contributed by atoms with Gasteiger partial charge in [-0.2, -0.15) is 0 Å². The van der Waals surface area contributed by atoms with E-state index in [1.165, 1.54) is 0 Å². The molecule has 106 valence electrons. The summed E-state index contributed by atoms with van der Waals surface area (Å²) in [5.74, 6) is -0.453. The van der Waals surface area contributed by atoms with Gasteiger partial charge in [-0.05, 0) is 25.9 Å². The molecule has 1 rings (SSSR count). The van der Waals surface area contributed by atoms with Gasteiger partial charge in [0.1, 0.15) is 12.1 Å². The van der Waals surface area contributed by atoms with Gasteiger partial charge in [0.25, 0.3) is 0 Å². The molecule has 1 aliphatic rings. The minimum absolute atomic E-state index is 0.0591. The van der Waals surface area contributed by atoms with Crippen molar-refractivity contribution < 1.29 is 24.9 Å². The monoisotopic (exact) mass is 262 g/mol. The van der Waals surface area contributed by atoms with Crippen molar-refractivity contribution in [2.24, 2.45) is 0 Å². The van der Waals surface area contributed by atoms with Crippen molar-refractivity contribution in [3.8, 4) is 0 Å². The van der Waals surface area contributed by atoms with Gasteiger partial charge in [0, 0.05) is 0 Å². The fourth-order valence-electron chi connectivity index (χ4n) is 1.76. The summed E-state index contributed by atoms with van der Waals surface area (Å²) in [6, 6.07) is 0. The molecule has 0 saturated carbocycles. The van der Waals surface area contributed by atoms with E-state index in [4.69, 9.17) is 20.1 Å². The van der Waals surface area contributed by atoms with Crippen LogP contribution in [0.5, 0.6) is 0 Å². The first kappa shape index (κ1) is 15.3. The highest BCUT2D eigenvalue weighted by atomic mass is 16.5. The van der Waals surface area contributed by atoms with E-state index >= 15 is 0 Å². The zero-order chi connectivity index (χ0) is 13.4. The highest BCUT2D eigenvalue weighted by Crippen LogP contribution is 2.07. The van der Waals surface area contributed by atoms with Crippen LogP contribution < -0.4 is 10.6 Å². The summed E-state index contributed by atoms with van der Waals surface area (Å²) in [5, 5.41) is 32.8. The minimum Gasteiger partial charge on any atom is -0.394 e. The second kappa shape index (κ2) is 7.65. The van der Waals surface area contributed by atoms with Crippen molar-refractivity contribution in [1.29, 1.82) is 0 Å². The molecule has 1 fully saturated rings. The third-order valence-electron chi connectivity index (χ3n) is 3.05. The number of ether oxygens (including phenoxy) is 1. The normalized spacial score (nSPS) is 17.7. The maximum Gasteiger partial charge on any atom is 0.246 e. The molecule has 0 atom stereocenters. The molecule has 0 aromatic heterocycles. The molecule has 1 heterocycles. The molecule has 0 bridgehead atoms. The van der Waals surface area contributed by atoms with E-state index in [0.29, 0.717) is 0 Å². The average Bonchev–Trinajstić information content (AvgIpc) is 2.44. The van der Waals surface area contributed by atoms with Crippen LogP contribution in [0, 0.1) is 0 Å². The quantitative estimate of drug-likeness (QED) is 0.349. The molecule has 1 saturated heterocycles. The molecule has 0 spiro atoms. The fourth-order valence-corrected chi connectivity index (χ4v) is 1.76. The van der Waals surface area contributed by atoms with Crippen LogP contribution in [0.3, 0.4) is 0 Å². The molecule has 1 amide bonds. The van der Waals surface area contributed by atoms with Crippen molar-refractivity contribution in [3.63, 3.8) is 0 Å². The van der Waals surface area contributed by atoms with E-state index in [-0.39, 0.29) is 12.7 Å². The lowest BCUT2D eigenvalue weighted by atomic mass is 10.0. The van der Waals surface area contributed by atoms with Crippen LogP contribution in [0.15, 0.2) is 0 Å². The number of carbonyl (C=O) groups excluding carboxylic acids is 1. The number of aliphatic hydroxyl groups is 3. The first-order valence-electron chi connectivity index (χ1n) is 6.12. The van der Waals surface area contributed by atoms with Gasteiger partial charge in [-0.1, -0.05) is 0 Å². The molecule has 0 aliphatic carbocycles. The van der Waals surface area contributed by atoms with Crippen LogP contribution in [0.1, 0.15) is 12.8 Å². The number of aliphatic hydroxyl groups excluding tert-OH is 3. The lowest BCUT2D eigenvalue weighted by molar-refractivity contribution is -0.132. The molecule has 18 heavy (non-hydrogen) atoms. The van der Waals surface area contributed by atoms with Gasteiger partial charge < -0.3 is 30.7 Å². The van der Waals surface area contributed by atoms with Crippen LogP contribution in [0.2, 0.25) is 0 Å². The Labute approximate surface area is 106 Å². The fraction of sp³-hybridized carbons (Fsp3) is 0.909. The number of piperidine rings is 1. The number of nitrogens with one attached hydrogen (secondary N) is 2. The topological polar surface area (TPSA) is 111 Å². The molecular weight excluding hydrogens is 240 g/mol. The summed E-state index contributed by atoms with van der Waals surface area (Å²) in [7, 11) is 0. The van der Waals surface area contributed by atoms with Gasteiger partial charge in [0.05, 0.1) is 25.9 Å². The number of hydrogen-bond acceptors (Lipinski definition) is 6. The highest BCUT2D eigenvalue weighted by Gasteiger charge is 2.30. The molecule has 1 aliphatic heterocycles. The van der Waals surface area contributed by atoms with Crippen molar-refractivity contribution >= 4 is 5.91 Å². The number of rotatable bonds is 7. The molecule has 0 aromatic rings. The lowest BCUT2D eigenvalue weighted by Gasteiger charge is -2.29. The Hall–Kier alpha value is -0.730. The van der Waals surface area contributed by atoms with E-state index in [1.807, 2.05) is 0 Å². The second-order valence-electron chi connectivity index (χ2n) is 4.56. The third kappa shape index (κ3) is 4.51. The van der Waals surface area contributed by atoms with Crippen LogP contribution in [-0.4, -0.2) is 72.4 Å². The Balaban J connectivity index is 2.31. The summed E-state index contributed by atoms with van der Waals surface area (Å²) in [5.41, 5.74) is -1.38. The summed E-state index contributed by atoms with van der Waals surface area (Å²) >= 11 is 0. The number of carbonyl (C=O) groups is 1. The summed E-state index contributed by atoms with van der Waals surface area (Å²) < 4.78 is 5.43. The molecule has 0 radical (unpaired) electrons. The standard InChI is InChI=1S/C11H22N2O5/c14-6-11(7-15,8-16)13-10(17)5-18-9-1-3-12-4-2-9/h9,12,14-16H,1-8H2,(H,13,17). The van der Waals surface area contributed by atoms with Gasteiger partial charge in [-0.3, -0.25) is 4.79 Å². The molecule has 5 N–H and O–H groups in total. The smallest absolute Gasteiger partial charge is 0.246 e. The maximum atomic E-state index is 11.6. The van der Waals surface area contributed by atoms with E-state index in [2.05, 4.69) is 10.6 Å². The molecule has 0 unspecified atom stereocenters. The van der Waals surface area contributed by atoms with Crippen molar-refractivity contribution in [2.45, 2.75) is 24.5 Å². The largest absolute Gasteiger partial charge is 0.394 e. The van der Waals surface area contributed by atoms with Crippen LogP contribution in [0.25, 0.3) is 0 Å². The Morgan fingerprint density at radius 1 is 1.22 bits per heavy atom. The Morgan fingerprint density at radius 2 is 1.78 bits per heavy atom. The third-order valence-corrected chi connectivity index (χ3v) is 3.05. The van der Waals surface area contributed by atoms with Crippen LogP contribution in [-0.2, 0) is 9.53 Å². The van der Waals surface area contributed by atoms with Crippen molar-refractivity contribution in [3.05, 3.63) is 0 Å². The van der Waals surface area contributed by atoms with E-state index in [1.54, 1.807) is 0 Å². The minimum atomic E-state index is -1.38. The molecule has 0 aromatic carbocycles. The van der Waals surface area contributed by atoms with Gasteiger partial charge in [0.2, 0.25) is 5.91 Å². The zero-order valence-electron chi connectivity index (χ0n) is 10.4. The molecule has 7 nitrogen and oxygen atoms in total. The lowest BCUT2D eigenvalue weighted by Crippen LogP contribution is -2.58. The molecular formula is C11H22N2O5. The average molecular weight is 262 g/mol. The Bertz CT molecular complexity index is 244. The van der Waals surface area contributed by atoms with Crippen LogP contribution in [0.4, 0.5) is 0 Å². The Morgan fingerprint density at radius 3 is 2.28 bits per heavy atom. The predicted octanol–water partition coefficient (Wildman–Crippen LogP) is -2.41. The Kier molecular flexibility index (Phi) is 6.51. The first-order valence-corrected chi connectivity index (χ1v) is 6.12. The maximum absolute atomic E-state index is 11.6. The van der Waals surface area contributed by atoms with Crippen molar-refractivity contribution in [1.82, 2.24) is 10.6 Å². The van der Waals surface area contributed by atoms with Gasteiger partial charge >= 0.3 is 0 Å². The van der Waals surface area contributed by atoms with E-state index in [9.17, 15) is 4.79 Å². The van der Waals surface area contributed by atoms with Crippen LogP contribution >= 0.6 is 0 Å². The van der Waals surface area contributed by atoms with Gasteiger partial charge in [0.15, 0.2) is 0 Å². The van der Waals surface area contributed by atoms with E-state index in [0.717, 1.165) is 25.9 Å². The highest BCUT2D eigenvalue weighted by molar-refractivity contribution is 5.78. The zero-order valence-corrected chi connectivity index (χ0v) is 10.4. The van der Waals surface area contributed by atoms with E-state index < -0.39 is 31.3 Å². The van der Waals surface area contributed by atoms with Gasteiger partial charge in [-0.25, -0.2) is 0 Å². The summed E-state index contributed by atoms with van der Waals surface area (Å²) in [6.45, 7) is 0.0317. The first-order chi connectivity index (χ1) is 8.65. The second-order valence-corrected chi connectivity index (χ2v) is 4.56. The summed E-state index contributed by atoms with van der Waals surface area (Å²) in [4.78, 5) is 11.6. The predicted molar refractivity (Wildman–Crippen MR) is 64.0 cm³/mol. The number of hydrogen-bond donors (Lipinski definition) is 5. The SMILES string of the molecule is O=C(COC1CCNCC1)NC(CO)(CO)CO. The summed E-state index contributed by atoms with van der Waals surface area (Å²) in [6.07, 6.45) is 1.78. The molecule has 7 heteroatoms. The number of amides is 1. The van der Waals surface area contributed by atoms with Crippen molar-refractivity contribution in [2.75, 3.05) is 39.5 Å².